The lowest BCUT2D eigenvalue weighted by atomic mass is 10.2. The lowest BCUT2D eigenvalue weighted by molar-refractivity contribution is 0.0788. The van der Waals surface area contributed by atoms with Gasteiger partial charge in [-0.3, -0.25) is 0 Å². The van der Waals surface area contributed by atoms with Crippen molar-refractivity contribution in [1.82, 2.24) is 9.55 Å². The third-order valence-electron chi connectivity index (χ3n) is 5.10. The molecule has 8 heteroatoms. The molecule has 0 radical (unpaired) electrons. The number of aliphatic hydroxyl groups is 1. The van der Waals surface area contributed by atoms with Crippen molar-refractivity contribution >= 4 is 23.4 Å². The van der Waals surface area contributed by atoms with Crippen molar-refractivity contribution in [3.05, 3.63) is 48.3 Å². The van der Waals surface area contributed by atoms with Gasteiger partial charge in [-0.05, 0) is 37.1 Å². The molecule has 30 heavy (non-hydrogen) atoms. The molecule has 2 aromatic carbocycles. The van der Waals surface area contributed by atoms with E-state index in [0.29, 0.717) is 23.8 Å². The number of para-hydroxylation sites is 3. The summed E-state index contributed by atoms with van der Waals surface area (Å²) in [5, 5.41) is 10.7. The van der Waals surface area contributed by atoms with Crippen molar-refractivity contribution in [2.45, 2.75) is 31.6 Å². The van der Waals surface area contributed by atoms with Gasteiger partial charge in [-0.15, -0.1) is 12.4 Å². The van der Waals surface area contributed by atoms with Crippen LogP contribution >= 0.6 is 12.4 Å². The fourth-order valence-corrected chi connectivity index (χ4v) is 3.72. The van der Waals surface area contributed by atoms with Crippen LogP contribution in [0.2, 0.25) is 0 Å². The summed E-state index contributed by atoms with van der Waals surface area (Å²) in [6.45, 7) is 1.19. The highest BCUT2D eigenvalue weighted by Gasteiger charge is 2.25. The maximum absolute atomic E-state index is 10.7. The number of rotatable bonds is 8. The summed E-state index contributed by atoms with van der Waals surface area (Å²) in [5.74, 6) is 2.46. The molecule has 1 aromatic heterocycles. The first-order chi connectivity index (χ1) is 14.2. The number of aliphatic hydroxyl groups excluding tert-OH is 1. The van der Waals surface area contributed by atoms with Gasteiger partial charge in [0.15, 0.2) is 11.5 Å². The van der Waals surface area contributed by atoms with E-state index in [-0.39, 0.29) is 25.1 Å². The Morgan fingerprint density at radius 1 is 1.13 bits per heavy atom. The van der Waals surface area contributed by atoms with Crippen molar-refractivity contribution in [2.24, 2.45) is 0 Å². The number of benzene rings is 2. The van der Waals surface area contributed by atoms with Crippen LogP contribution < -0.4 is 14.2 Å². The summed E-state index contributed by atoms with van der Waals surface area (Å²) in [6.07, 6.45) is 1.17. The van der Waals surface area contributed by atoms with E-state index >= 15 is 0 Å². The molecule has 1 aliphatic rings. The molecule has 1 aliphatic heterocycles. The Balaban J connectivity index is 0.00000256. The van der Waals surface area contributed by atoms with Crippen LogP contribution in [0.1, 0.15) is 24.8 Å². The third kappa shape index (κ3) is 4.48. The molecule has 1 N–H and O–H groups in total. The summed E-state index contributed by atoms with van der Waals surface area (Å²) >= 11 is 0. The first-order valence-corrected chi connectivity index (χ1v) is 9.80. The molecule has 0 bridgehead atoms. The highest BCUT2D eigenvalue weighted by molar-refractivity contribution is 5.85. The Hall–Kier alpha value is -2.48. The fourth-order valence-electron chi connectivity index (χ4n) is 3.72. The van der Waals surface area contributed by atoms with Crippen LogP contribution in [0.25, 0.3) is 11.0 Å². The maximum Gasteiger partial charge on any atom is 0.203 e. The molecule has 1 saturated heterocycles. The van der Waals surface area contributed by atoms with Crippen molar-refractivity contribution in [1.29, 1.82) is 0 Å². The molecule has 2 heterocycles. The average molecular weight is 435 g/mol. The number of methoxy groups -OCH3 is 2. The average Bonchev–Trinajstić information content (AvgIpc) is 3.40. The molecule has 3 aromatic rings. The number of ether oxygens (including phenoxy) is 4. The number of halogens is 1. The summed E-state index contributed by atoms with van der Waals surface area (Å²) in [4.78, 5) is 4.77. The molecule has 0 aliphatic carbocycles. The highest BCUT2D eigenvalue weighted by atomic mass is 35.5. The summed E-state index contributed by atoms with van der Waals surface area (Å²) in [6, 6.07) is 13.3. The van der Waals surface area contributed by atoms with Crippen molar-refractivity contribution in [3.8, 4) is 17.2 Å². The van der Waals surface area contributed by atoms with Gasteiger partial charge >= 0.3 is 0 Å². The number of hydrogen-bond acceptors (Lipinski definition) is 6. The topological polar surface area (TPSA) is 75.0 Å². The summed E-state index contributed by atoms with van der Waals surface area (Å²) in [5.41, 5.74) is 1.88. The number of imidazole rings is 1. The van der Waals surface area contributed by atoms with Gasteiger partial charge in [-0.2, -0.15) is 0 Å². The lowest BCUT2D eigenvalue weighted by Gasteiger charge is -2.19. The number of aromatic nitrogens is 2. The Kier molecular flexibility index (Phi) is 7.42. The van der Waals surface area contributed by atoms with Gasteiger partial charge in [0.1, 0.15) is 24.6 Å². The van der Waals surface area contributed by atoms with Crippen LogP contribution in [0.15, 0.2) is 42.5 Å². The number of hydrogen-bond donors (Lipinski definition) is 1. The summed E-state index contributed by atoms with van der Waals surface area (Å²) < 4.78 is 24.5. The van der Waals surface area contributed by atoms with Crippen molar-refractivity contribution in [3.63, 3.8) is 0 Å². The Labute approximate surface area is 181 Å². The largest absolute Gasteiger partial charge is 0.493 e. The summed E-state index contributed by atoms with van der Waals surface area (Å²) in [7, 11) is 3.15. The van der Waals surface area contributed by atoms with Gasteiger partial charge in [0, 0.05) is 6.61 Å². The van der Waals surface area contributed by atoms with E-state index in [1.165, 1.54) is 0 Å². The zero-order valence-electron chi connectivity index (χ0n) is 17.1. The molecule has 1 fully saturated rings. The van der Waals surface area contributed by atoms with Crippen LogP contribution in [0.4, 0.5) is 0 Å². The zero-order chi connectivity index (χ0) is 20.2. The molecule has 7 nitrogen and oxygen atoms in total. The lowest BCUT2D eigenvalue weighted by Crippen LogP contribution is -2.25. The number of fused-ring (bicyclic) bond motifs is 1. The highest BCUT2D eigenvalue weighted by Crippen LogP contribution is 2.37. The zero-order valence-corrected chi connectivity index (χ0v) is 17.9. The second-order valence-corrected chi connectivity index (χ2v) is 7.03. The van der Waals surface area contributed by atoms with Crippen molar-refractivity contribution in [2.75, 3.05) is 27.4 Å². The first-order valence-electron chi connectivity index (χ1n) is 9.80. The fraction of sp³-hybridized carbons (Fsp3) is 0.409. The van der Waals surface area contributed by atoms with Gasteiger partial charge in [-0.1, -0.05) is 18.2 Å². The molecule has 0 amide bonds. The van der Waals surface area contributed by atoms with Crippen LogP contribution in [-0.2, 0) is 11.3 Å². The predicted molar refractivity (Wildman–Crippen MR) is 116 cm³/mol. The van der Waals surface area contributed by atoms with E-state index in [9.17, 15) is 5.11 Å². The molecular weight excluding hydrogens is 408 g/mol. The van der Waals surface area contributed by atoms with E-state index in [4.69, 9.17) is 23.9 Å². The van der Waals surface area contributed by atoms with E-state index in [2.05, 4.69) is 0 Å². The predicted octanol–water partition coefficient (Wildman–Crippen LogP) is 3.77. The Bertz CT molecular complexity index is 949. The maximum atomic E-state index is 10.7. The van der Waals surface area contributed by atoms with Crippen LogP contribution in [0, 0.1) is 0 Å². The third-order valence-corrected chi connectivity index (χ3v) is 5.10. The minimum atomic E-state index is -0.748. The Morgan fingerprint density at radius 3 is 2.53 bits per heavy atom. The standard InChI is InChI=1S/C22H26N2O5.ClH/c1-26-18-9-5-10-19(27-2)21(18)29-14-15(25)13-24-17-8-4-3-7-16(17)23-22(24)20-11-6-12-28-20;/h3-5,7-10,15,20,25H,6,11-14H2,1-2H3;1H. The van der Waals surface area contributed by atoms with Gasteiger partial charge in [-0.25, -0.2) is 4.98 Å². The number of nitrogens with zero attached hydrogens (tertiary/aromatic N) is 2. The van der Waals surface area contributed by atoms with Gasteiger partial charge < -0.3 is 28.6 Å². The van der Waals surface area contributed by atoms with E-state index in [0.717, 1.165) is 36.3 Å². The van der Waals surface area contributed by atoms with Crippen molar-refractivity contribution < 1.29 is 24.1 Å². The van der Waals surface area contributed by atoms with E-state index < -0.39 is 6.10 Å². The first kappa shape index (κ1) is 22.2. The molecule has 2 atom stereocenters. The molecule has 162 valence electrons. The van der Waals surface area contributed by atoms with E-state index in [1.54, 1.807) is 26.4 Å². The SMILES string of the molecule is COc1cccc(OC)c1OCC(O)Cn1c(C2CCCO2)nc2ccccc21.Cl. The monoisotopic (exact) mass is 434 g/mol. The molecular formula is C22H27ClN2O5. The Morgan fingerprint density at radius 2 is 1.87 bits per heavy atom. The van der Waals surface area contributed by atoms with E-state index in [1.807, 2.05) is 34.9 Å². The molecule has 0 saturated carbocycles. The second-order valence-electron chi connectivity index (χ2n) is 7.03. The second kappa shape index (κ2) is 10.0. The smallest absolute Gasteiger partial charge is 0.203 e. The van der Waals surface area contributed by atoms with Crippen LogP contribution in [0.3, 0.4) is 0 Å². The van der Waals surface area contributed by atoms with Gasteiger partial charge in [0.25, 0.3) is 0 Å². The normalized spacial score (nSPS) is 16.8. The van der Waals surface area contributed by atoms with Gasteiger partial charge in [0.2, 0.25) is 5.75 Å². The molecule has 4 rings (SSSR count). The molecule has 2 unspecified atom stereocenters. The van der Waals surface area contributed by atoms with Crippen LogP contribution in [0.5, 0.6) is 17.2 Å². The minimum absolute atomic E-state index is 0. The van der Waals surface area contributed by atoms with Crippen LogP contribution in [-0.4, -0.2) is 48.2 Å². The minimum Gasteiger partial charge on any atom is -0.493 e. The quantitative estimate of drug-likeness (QED) is 0.581. The molecule has 0 spiro atoms. The van der Waals surface area contributed by atoms with Gasteiger partial charge in [0.05, 0.1) is 31.8 Å².